The van der Waals surface area contributed by atoms with Gasteiger partial charge in [-0.15, -0.1) is 5.10 Å². The number of carbonyl (C=O) groups is 2. The van der Waals surface area contributed by atoms with Crippen molar-refractivity contribution in [2.75, 3.05) is 18.4 Å². The Balaban J connectivity index is 1.55. The van der Waals surface area contributed by atoms with Crippen LogP contribution in [0.15, 0.2) is 4.42 Å². The van der Waals surface area contributed by atoms with Gasteiger partial charge in [0.25, 0.3) is 0 Å². The zero-order valence-electron chi connectivity index (χ0n) is 11.6. The number of nitrogens with zero attached hydrogens (tertiary/aromatic N) is 3. The van der Waals surface area contributed by atoms with E-state index in [1.807, 2.05) is 0 Å². The van der Waals surface area contributed by atoms with Gasteiger partial charge in [-0.2, -0.15) is 0 Å². The predicted molar refractivity (Wildman–Crippen MR) is 71.8 cm³/mol. The molecular weight excluding hydrogens is 276 g/mol. The summed E-state index contributed by atoms with van der Waals surface area (Å²) >= 11 is 0. The van der Waals surface area contributed by atoms with Gasteiger partial charge in [0.1, 0.15) is 6.04 Å². The number of nitrogens with one attached hydrogen (secondary N) is 1. The van der Waals surface area contributed by atoms with Crippen LogP contribution in [0, 0.1) is 0 Å². The van der Waals surface area contributed by atoms with Gasteiger partial charge in [0.05, 0.1) is 6.54 Å². The van der Waals surface area contributed by atoms with Crippen LogP contribution >= 0.6 is 0 Å². The molecule has 1 saturated heterocycles. The van der Waals surface area contributed by atoms with Crippen LogP contribution in [0.2, 0.25) is 0 Å². The van der Waals surface area contributed by atoms with Gasteiger partial charge in [-0.05, 0) is 32.2 Å². The van der Waals surface area contributed by atoms with Gasteiger partial charge in [0, 0.05) is 5.92 Å². The van der Waals surface area contributed by atoms with Gasteiger partial charge in [-0.25, -0.2) is 0 Å². The summed E-state index contributed by atoms with van der Waals surface area (Å²) in [5, 5.41) is 19.4. The number of rotatable bonds is 5. The Kier molecular flexibility index (Phi) is 3.87. The molecule has 114 valence electrons. The van der Waals surface area contributed by atoms with Gasteiger partial charge < -0.3 is 9.52 Å². The first-order chi connectivity index (χ1) is 10.1. The number of piperidine rings is 1. The average molecular weight is 294 g/mol. The monoisotopic (exact) mass is 294 g/mol. The highest BCUT2D eigenvalue weighted by molar-refractivity contribution is 5.90. The third-order valence-electron chi connectivity index (χ3n) is 3.86. The first kappa shape index (κ1) is 14.0. The summed E-state index contributed by atoms with van der Waals surface area (Å²) in [6.07, 6.45) is 4.45. The Morgan fingerprint density at radius 3 is 2.81 bits per heavy atom. The topological polar surface area (TPSA) is 109 Å². The number of aliphatic carboxylic acids is 1. The third-order valence-corrected chi connectivity index (χ3v) is 3.86. The SMILES string of the molecule is O=C(CN1CCCCC1C(=O)O)Nc1nnc(C2CC2)o1. The van der Waals surface area contributed by atoms with E-state index in [0.717, 1.165) is 25.7 Å². The lowest BCUT2D eigenvalue weighted by Crippen LogP contribution is -2.47. The molecule has 0 radical (unpaired) electrons. The first-order valence-corrected chi connectivity index (χ1v) is 7.23. The van der Waals surface area contributed by atoms with Crippen molar-refractivity contribution in [2.24, 2.45) is 0 Å². The summed E-state index contributed by atoms with van der Waals surface area (Å²) in [6, 6.07) is -0.500. The number of carboxylic acids is 1. The molecule has 8 nitrogen and oxygen atoms in total. The fraction of sp³-hybridized carbons (Fsp3) is 0.692. The van der Waals surface area contributed by atoms with E-state index < -0.39 is 12.0 Å². The minimum absolute atomic E-state index is 0.0259. The lowest BCUT2D eigenvalue weighted by atomic mass is 10.0. The molecule has 2 N–H and O–H groups in total. The molecule has 0 bridgehead atoms. The van der Waals surface area contributed by atoms with Gasteiger partial charge >= 0.3 is 12.0 Å². The third kappa shape index (κ3) is 3.38. The van der Waals surface area contributed by atoms with E-state index in [-0.39, 0.29) is 18.5 Å². The average Bonchev–Trinajstić information content (AvgIpc) is 3.20. The highest BCUT2D eigenvalue weighted by Gasteiger charge is 2.31. The Morgan fingerprint density at radius 1 is 1.29 bits per heavy atom. The van der Waals surface area contributed by atoms with Crippen molar-refractivity contribution in [3.8, 4) is 0 Å². The Hall–Kier alpha value is -1.96. The maximum Gasteiger partial charge on any atom is 0.322 e. The van der Waals surface area contributed by atoms with E-state index >= 15 is 0 Å². The van der Waals surface area contributed by atoms with Crippen molar-refractivity contribution in [3.05, 3.63) is 5.89 Å². The van der Waals surface area contributed by atoms with E-state index in [2.05, 4.69) is 15.5 Å². The van der Waals surface area contributed by atoms with E-state index in [1.165, 1.54) is 0 Å². The number of carbonyl (C=O) groups excluding carboxylic acids is 1. The molecule has 8 heteroatoms. The quantitative estimate of drug-likeness (QED) is 0.827. The molecular formula is C13H18N4O4. The van der Waals surface area contributed by atoms with Crippen LogP contribution < -0.4 is 5.32 Å². The molecule has 2 aliphatic rings. The van der Waals surface area contributed by atoms with Gasteiger partial charge in [-0.3, -0.25) is 19.8 Å². The van der Waals surface area contributed by atoms with E-state index in [0.29, 0.717) is 24.8 Å². The van der Waals surface area contributed by atoms with Crippen molar-refractivity contribution < 1.29 is 19.1 Å². The molecule has 1 amide bonds. The summed E-state index contributed by atoms with van der Waals surface area (Å²) in [5.41, 5.74) is 0. The molecule has 21 heavy (non-hydrogen) atoms. The van der Waals surface area contributed by atoms with Gasteiger partial charge in [0.15, 0.2) is 0 Å². The molecule has 2 fully saturated rings. The number of carboxylic acid groups (broad SMARTS) is 1. The maximum atomic E-state index is 12.0. The fourth-order valence-corrected chi connectivity index (χ4v) is 2.58. The molecule has 3 rings (SSSR count). The Labute approximate surface area is 121 Å². The molecule has 1 aromatic rings. The standard InChI is InChI=1S/C13H18N4O4/c18-10(7-17-6-2-1-3-9(17)12(19)20)14-13-16-15-11(21-13)8-4-5-8/h8-9H,1-7H2,(H,19,20)(H,14,16,18). The number of amides is 1. The normalized spacial score (nSPS) is 23.0. The minimum atomic E-state index is -0.878. The van der Waals surface area contributed by atoms with Gasteiger partial charge in [0.2, 0.25) is 11.8 Å². The lowest BCUT2D eigenvalue weighted by molar-refractivity contribution is -0.145. The summed E-state index contributed by atoms with van der Waals surface area (Å²) in [5.74, 6) is -0.307. The Bertz CT molecular complexity index is 540. The van der Waals surface area contributed by atoms with Gasteiger partial charge in [-0.1, -0.05) is 11.5 Å². The van der Waals surface area contributed by atoms with Crippen molar-refractivity contribution in [3.63, 3.8) is 0 Å². The molecule has 1 unspecified atom stereocenters. The molecule has 1 saturated carbocycles. The van der Waals surface area contributed by atoms with E-state index in [1.54, 1.807) is 4.90 Å². The fourth-order valence-electron chi connectivity index (χ4n) is 2.58. The predicted octanol–water partition coefficient (Wildman–Crippen LogP) is 0.825. The number of anilines is 1. The molecule has 1 atom stereocenters. The molecule has 2 heterocycles. The summed E-state index contributed by atoms with van der Waals surface area (Å²) in [4.78, 5) is 24.8. The highest BCUT2D eigenvalue weighted by Crippen LogP contribution is 2.39. The van der Waals surface area contributed by atoms with Crippen LogP contribution in [0.1, 0.15) is 43.9 Å². The summed E-state index contributed by atoms with van der Waals surface area (Å²) < 4.78 is 5.35. The molecule has 1 aliphatic heterocycles. The minimum Gasteiger partial charge on any atom is -0.480 e. The number of likely N-dealkylation sites (tertiary alicyclic amines) is 1. The van der Waals surface area contributed by atoms with Crippen LogP contribution in [0.5, 0.6) is 0 Å². The van der Waals surface area contributed by atoms with Crippen LogP contribution in [0.25, 0.3) is 0 Å². The van der Waals surface area contributed by atoms with Crippen LogP contribution in [-0.4, -0.2) is 51.2 Å². The van der Waals surface area contributed by atoms with Crippen LogP contribution in [0.4, 0.5) is 6.01 Å². The van der Waals surface area contributed by atoms with E-state index in [9.17, 15) is 9.59 Å². The molecule has 0 spiro atoms. The van der Waals surface area contributed by atoms with Crippen molar-refractivity contribution >= 4 is 17.9 Å². The smallest absolute Gasteiger partial charge is 0.322 e. The summed E-state index contributed by atoms with van der Waals surface area (Å²) in [7, 11) is 0. The number of hydrogen-bond acceptors (Lipinski definition) is 6. The first-order valence-electron chi connectivity index (χ1n) is 7.23. The second-order valence-corrected chi connectivity index (χ2v) is 5.59. The van der Waals surface area contributed by atoms with Crippen molar-refractivity contribution in [1.29, 1.82) is 0 Å². The molecule has 1 aliphatic carbocycles. The second kappa shape index (κ2) is 5.80. The summed E-state index contributed by atoms with van der Waals surface area (Å²) in [6.45, 7) is 0.639. The zero-order chi connectivity index (χ0) is 14.8. The van der Waals surface area contributed by atoms with E-state index in [4.69, 9.17) is 9.52 Å². The number of aromatic nitrogens is 2. The highest BCUT2D eigenvalue weighted by atomic mass is 16.4. The second-order valence-electron chi connectivity index (χ2n) is 5.59. The van der Waals surface area contributed by atoms with Crippen LogP contribution in [0.3, 0.4) is 0 Å². The maximum absolute atomic E-state index is 12.0. The molecule has 0 aromatic carbocycles. The largest absolute Gasteiger partial charge is 0.480 e. The lowest BCUT2D eigenvalue weighted by Gasteiger charge is -2.31. The van der Waals surface area contributed by atoms with Crippen molar-refractivity contribution in [1.82, 2.24) is 15.1 Å². The number of hydrogen-bond donors (Lipinski definition) is 2. The zero-order valence-corrected chi connectivity index (χ0v) is 11.6. The molecule has 1 aromatic heterocycles. The Morgan fingerprint density at radius 2 is 2.10 bits per heavy atom. The van der Waals surface area contributed by atoms with Crippen molar-refractivity contribution in [2.45, 2.75) is 44.1 Å². The van der Waals surface area contributed by atoms with Crippen LogP contribution in [-0.2, 0) is 9.59 Å².